The van der Waals surface area contributed by atoms with E-state index in [4.69, 9.17) is 9.16 Å². The van der Waals surface area contributed by atoms with E-state index in [-0.39, 0.29) is 11.0 Å². The van der Waals surface area contributed by atoms with Crippen LogP contribution in [-0.2, 0) is 14.0 Å². The first kappa shape index (κ1) is 16.4. The molecule has 0 spiro atoms. The molecule has 0 aromatic rings. The zero-order chi connectivity index (χ0) is 15.3. The van der Waals surface area contributed by atoms with Crippen molar-refractivity contribution in [3.8, 4) is 0 Å². The van der Waals surface area contributed by atoms with Crippen LogP contribution in [0.3, 0.4) is 0 Å². The van der Waals surface area contributed by atoms with Gasteiger partial charge in [0.05, 0.1) is 18.1 Å². The number of esters is 1. The van der Waals surface area contributed by atoms with Crippen molar-refractivity contribution < 1.29 is 14.0 Å². The van der Waals surface area contributed by atoms with Crippen LogP contribution in [0.5, 0.6) is 0 Å². The zero-order valence-electron chi connectivity index (χ0n) is 13.6. The van der Waals surface area contributed by atoms with Crippen molar-refractivity contribution in [2.45, 2.75) is 64.8 Å². The van der Waals surface area contributed by atoms with Gasteiger partial charge in [-0.25, -0.2) is 0 Å². The molecule has 0 saturated heterocycles. The van der Waals surface area contributed by atoms with Gasteiger partial charge < -0.3 is 9.16 Å². The Morgan fingerprint density at radius 1 is 1.32 bits per heavy atom. The Bertz CT molecular complexity index is 408. The van der Waals surface area contributed by atoms with Crippen LogP contribution in [0, 0.1) is 5.41 Å². The lowest BCUT2D eigenvalue weighted by atomic mass is 10.00. The second-order valence-electron chi connectivity index (χ2n) is 7.47. The molecule has 110 valence electrons. The molecule has 0 radical (unpaired) electrons. The first-order valence-electron chi connectivity index (χ1n) is 6.79. The van der Waals surface area contributed by atoms with Crippen molar-refractivity contribution in [1.82, 2.24) is 0 Å². The molecular weight excluding hydrogens is 256 g/mol. The molecule has 4 heteroatoms. The van der Waals surface area contributed by atoms with E-state index in [0.29, 0.717) is 6.42 Å². The average Bonchev–Trinajstić information content (AvgIpc) is 2.83. The smallest absolute Gasteiger partial charge is 0.314 e. The van der Waals surface area contributed by atoms with Crippen molar-refractivity contribution in [2.24, 2.45) is 5.41 Å². The Morgan fingerprint density at radius 2 is 1.79 bits per heavy atom. The quantitative estimate of drug-likeness (QED) is 0.446. The first-order chi connectivity index (χ1) is 8.34. The minimum Gasteiger partial charge on any atom is -0.469 e. The summed E-state index contributed by atoms with van der Waals surface area (Å²) in [5.74, 6) is -0.200. The molecule has 0 bridgehead atoms. The number of methoxy groups -OCH3 is 1. The van der Waals surface area contributed by atoms with Gasteiger partial charge in [-0.15, -0.1) is 0 Å². The van der Waals surface area contributed by atoms with Crippen LogP contribution in [0.15, 0.2) is 12.2 Å². The van der Waals surface area contributed by atoms with Gasteiger partial charge >= 0.3 is 5.97 Å². The maximum Gasteiger partial charge on any atom is 0.314 e. The zero-order valence-corrected chi connectivity index (χ0v) is 14.6. The Hall–Kier alpha value is -0.613. The highest BCUT2D eigenvalue weighted by molar-refractivity contribution is 6.74. The van der Waals surface area contributed by atoms with E-state index in [1.165, 1.54) is 7.11 Å². The highest BCUT2D eigenvalue weighted by Gasteiger charge is 2.73. The highest BCUT2D eigenvalue weighted by Crippen LogP contribution is 2.64. The van der Waals surface area contributed by atoms with E-state index < -0.39 is 19.3 Å². The summed E-state index contributed by atoms with van der Waals surface area (Å²) in [5.41, 5.74) is -0.197. The van der Waals surface area contributed by atoms with Gasteiger partial charge in [0.1, 0.15) is 0 Å². The van der Waals surface area contributed by atoms with Gasteiger partial charge in [-0.05, 0) is 44.0 Å². The molecule has 1 rings (SSSR count). The molecule has 0 aromatic carbocycles. The van der Waals surface area contributed by atoms with Gasteiger partial charge in [0.15, 0.2) is 8.32 Å². The maximum atomic E-state index is 12.0. The number of carbonyl (C=O) groups excluding carboxylic acids is 1. The van der Waals surface area contributed by atoms with Crippen LogP contribution >= 0.6 is 0 Å². The van der Waals surface area contributed by atoms with Gasteiger partial charge in [-0.1, -0.05) is 27.4 Å². The summed E-state index contributed by atoms with van der Waals surface area (Å²) in [4.78, 5) is 12.0. The summed E-state index contributed by atoms with van der Waals surface area (Å²) < 4.78 is 11.5. The number of ether oxygens (including phenoxy) is 1. The van der Waals surface area contributed by atoms with Crippen LogP contribution < -0.4 is 0 Å². The molecule has 19 heavy (non-hydrogen) atoms. The largest absolute Gasteiger partial charge is 0.469 e. The number of hydrogen-bond acceptors (Lipinski definition) is 3. The van der Waals surface area contributed by atoms with Crippen LogP contribution in [0.1, 0.15) is 41.0 Å². The van der Waals surface area contributed by atoms with E-state index in [1.807, 2.05) is 13.8 Å². The van der Waals surface area contributed by atoms with Crippen LogP contribution in [0.25, 0.3) is 0 Å². The van der Waals surface area contributed by atoms with E-state index in [1.54, 1.807) is 0 Å². The van der Waals surface area contributed by atoms with E-state index in [0.717, 1.165) is 5.57 Å². The van der Waals surface area contributed by atoms with Gasteiger partial charge in [-0.3, -0.25) is 4.79 Å². The van der Waals surface area contributed by atoms with Crippen LogP contribution in [0.4, 0.5) is 0 Å². The van der Waals surface area contributed by atoms with E-state index in [9.17, 15) is 4.79 Å². The lowest BCUT2D eigenvalue weighted by Gasteiger charge is -2.41. The Balaban J connectivity index is 3.09. The first-order valence-corrected chi connectivity index (χ1v) is 9.69. The molecule has 1 aliphatic rings. The normalized spacial score (nSPS) is 30.9. The second kappa shape index (κ2) is 4.45. The number of rotatable bonds is 4. The predicted octanol–water partition coefficient (Wildman–Crippen LogP) is 3.91. The molecule has 0 N–H and O–H groups in total. The summed E-state index contributed by atoms with van der Waals surface area (Å²) in [5, 5.41) is 0.106. The van der Waals surface area contributed by atoms with Crippen molar-refractivity contribution in [1.29, 1.82) is 0 Å². The summed E-state index contributed by atoms with van der Waals surface area (Å²) in [6.07, 6.45) is 0.675. The number of carbonyl (C=O) groups is 1. The van der Waals surface area contributed by atoms with E-state index in [2.05, 4.69) is 40.4 Å². The summed E-state index contributed by atoms with van der Waals surface area (Å²) >= 11 is 0. The fourth-order valence-corrected chi connectivity index (χ4v) is 4.01. The minimum atomic E-state index is -1.96. The minimum absolute atomic E-state index is 0.106. The monoisotopic (exact) mass is 284 g/mol. The fraction of sp³-hybridized carbons (Fsp3) is 0.800. The van der Waals surface area contributed by atoms with E-state index >= 15 is 0 Å². The molecular formula is C15H28O3Si. The molecule has 2 unspecified atom stereocenters. The predicted molar refractivity (Wildman–Crippen MR) is 80.6 cm³/mol. The molecule has 3 nitrogen and oxygen atoms in total. The fourth-order valence-electron chi connectivity index (χ4n) is 2.36. The van der Waals surface area contributed by atoms with Crippen molar-refractivity contribution in [3.05, 3.63) is 12.2 Å². The van der Waals surface area contributed by atoms with Crippen molar-refractivity contribution in [3.63, 3.8) is 0 Å². The average molecular weight is 284 g/mol. The Labute approximate surface area is 118 Å². The van der Waals surface area contributed by atoms with Gasteiger partial charge in [-0.2, -0.15) is 0 Å². The van der Waals surface area contributed by atoms with Crippen molar-refractivity contribution >= 4 is 14.3 Å². The topological polar surface area (TPSA) is 35.5 Å². The molecule has 2 atom stereocenters. The van der Waals surface area contributed by atoms with Gasteiger partial charge in [0.25, 0.3) is 0 Å². The lowest BCUT2D eigenvalue weighted by Crippen LogP contribution is -2.47. The molecule has 1 aliphatic carbocycles. The highest BCUT2D eigenvalue weighted by atomic mass is 28.4. The second-order valence-corrected chi connectivity index (χ2v) is 12.2. The molecule has 0 amide bonds. The molecule has 1 saturated carbocycles. The van der Waals surface area contributed by atoms with Crippen LogP contribution in [0.2, 0.25) is 18.1 Å². The lowest BCUT2D eigenvalue weighted by molar-refractivity contribution is -0.148. The maximum absolute atomic E-state index is 12.0. The van der Waals surface area contributed by atoms with Crippen LogP contribution in [-0.4, -0.2) is 27.0 Å². The van der Waals surface area contributed by atoms with Gasteiger partial charge in [0, 0.05) is 0 Å². The Kier molecular flexibility index (Phi) is 3.85. The Morgan fingerprint density at radius 3 is 2.11 bits per heavy atom. The standard InChI is InChI=1S/C15H28O3Si/c1-11(2)15(10-14(15,6)12(16)17-7)18-19(8,9)13(3,4)5/h1,10H2,2-9H3. The SMILES string of the molecule is C=C(C)C1(O[Si](C)(C)C(C)(C)C)CC1(C)C(=O)OC. The molecule has 1 fully saturated rings. The summed E-state index contributed by atoms with van der Waals surface area (Å²) in [6.45, 7) is 18.9. The third kappa shape index (κ3) is 2.40. The summed E-state index contributed by atoms with van der Waals surface area (Å²) in [6, 6.07) is 0. The summed E-state index contributed by atoms with van der Waals surface area (Å²) in [7, 11) is -0.525. The number of hydrogen-bond donors (Lipinski definition) is 0. The molecule has 0 aromatic heterocycles. The van der Waals surface area contributed by atoms with Gasteiger partial charge in [0.2, 0.25) is 0 Å². The molecule has 0 heterocycles. The molecule has 0 aliphatic heterocycles. The third-order valence-corrected chi connectivity index (χ3v) is 9.40. The third-order valence-electron chi connectivity index (χ3n) is 4.93. The van der Waals surface area contributed by atoms with Crippen molar-refractivity contribution in [2.75, 3.05) is 7.11 Å².